The van der Waals surface area contributed by atoms with Gasteiger partial charge >= 0.3 is 0 Å². The fraction of sp³-hybridized carbons (Fsp3) is 0.316. The van der Waals surface area contributed by atoms with Crippen molar-refractivity contribution in [3.05, 3.63) is 54.1 Å². The number of para-hydroxylation sites is 1. The van der Waals surface area contributed by atoms with Gasteiger partial charge in [-0.25, -0.2) is 21.8 Å². The predicted molar refractivity (Wildman–Crippen MR) is 101 cm³/mol. The zero-order valence-corrected chi connectivity index (χ0v) is 15.6. The van der Waals surface area contributed by atoms with E-state index in [4.69, 9.17) is 0 Å². The summed E-state index contributed by atoms with van der Waals surface area (Å²) < 4.78 is 41.2. The topological polar surface area (TPSA) is 67.2 Å². The van der Waals surface area contributed by atoms with E-state index in [1.807, 2.05) is 12.1 Å². The second-order valence-electron chi connectivity index (χ2n) is 7.18. The molecule has 1 aromatic heterocycles. The number of aryl methyl sites for hydroxylation is 1. The maximum atomic E-state index is 13.6. The van der Waals surface area contributed by atoms with E-state index >= 15 is 0 Å². The maximum Gasteiger partial charge on any atom is 0.269 e. The molecule has 0 aliphatic carbocycles. The number of fused-ring (bicyclic) bond motifs is 3. The Bertz CT molecular complexity index is 1160. The minimum absolute atomic E-state index is 0.0836. The van der Waals surface area contributed by atoms with E-state index in [9.17, 15) is 12.8 Å². The van der Waals surface area contributed by atoms with Crippen LogP contribution in [0.15, 0.2) is 47.4 Å². The Morgan fingerprint density at radius 1 is 1.22 bits per heavy atom. The summed E-state index contributed by atoms with van der Waals surface area (Å²) in [7, 11) is -3.94. The highest BCUT2D eigenvalue weighted by Gasteiger charge is 2.38. The molecule has 2 aromatic carbocycles. The average Bonchev–Trinajstić information content (AvgIpc) is 3.34. The summed E-state index contributed by atoms with van der Waals surface area (Å²) in [4.78, 5) is 6.81. The minimum atomic E-state index is -3.94. The standard InChI is InChI=1S/C19H19FN4O2S/c1-12-22-19-17(23-11-14-9-15(23)10-21-14)6-3-7-18(19)24(12)27(25,26)16-5-2-4-13(20)8-16/h2-8,14-15,21H,9-11H2,1H3/t14-,15-/m0/s1. The van der Waals surface area contributed by atoms with Crippen molar-refractivity contribution < 1.29 is 12.8 Å². The lowest BCUT2D eigenvalue weighted by Crippen LogP contribution is -2.43. The number of hydrogen-bond acceptors (Lipinski definition) is 5. The van der Waals surface area contributed by atoms with Gasteiger partial charge in [-0.15, -0.1) is 0 Å². The molecule has 140 valence electrons. The molecule has 8 heteroatoms. The molecule has 1 N–H and O–H groups in total. The first kappa shape index (κ1) is 16.7. The number of anilines is 1. The van der Waals surface area contributed by atoms with Crippen LogP contribution in [-0.2, 0) is 10.0 Å². The summed E-state index contributed by atoms with van der Waals surface area (Å²) in [6, 6.07) is 11.6. The van der Waals surface area contributed by atoms with Gasteiger partial charge < -0.3 is 10.2 Å². The number of nitrogens with one attached hydrogen (secondary N) is 1. The van der Waals surface area contributed by atoms with E-state index in [0.29, 0.717) is 28.9 Å². The molecule has 0 saturated carbocycles. The van der Waals surface area contributed by atoms with Crippen LogP contribution in [-0.4, -0.2) is 42.5 Å². The fourth-order valence-corrected chi connectivity index (χ4v) is 5.82. The van der Waals surface area contributed by atoms with E-state index in [-0.39, 0.29) is 4.90 Å². The number of nitrogens with zero attached hydrogens (tertiary/aromatic N) is 3. The summed E-state index contributed by atoms with van der Waals surface area (Å²) in [5.74, 6) is -0.219. The zero-order chi connectivity index (χ0) is 18.8. The third kappa shape index (κ3) is 2.47. The van der Waals surface area contributed by atoms with Crippen LogP contribution in [0.2, 0.25) is 0 Å². The van der Waals surface area contributed by atoms with Crippen LogP contribution in [0.1, 0.15) is 12.2 Å². The molecule has 27 heavy (non-hydrogen) atoms. The Morgan fingerprint density at radius 2 is 2.04 bits per heavy atom. The minimum Gasteiger partial charge on any atom is -0.364 e. The third-order valence-electron chi connectivity index (χ3n) is 5.48. The van der Waals surface area contributed by atoms with Crippen LogP contribution >= 0.6 is 0 Å². The number of rotatable bonds is 3. The van der Waals surface area contributed by atoms with E-state index in [0.717, 1.165) is 31.3 Å². The van der Waals surface area contributed by atoms with Crippen molar-refractivity contribution in [1.29, 1.82) is 0 Å². The molecule has 6 nitrogen and oxygen atoms in total. The number of aromatic nitrogens is 2. The molecule has 0 amide bonds. The van der Waals surface area contributed by atoms with Crippen LogP contribution in [0.25, 0.3) is 11.0 Å². The lowest BCUT2D eigenvalue weighted by atomic mass is 10.2. The number of hydrogen-bond donors (Lipinski definition) is 1. The highest BCUT2D eigenvalue weighted by atomic mass is 32.2. The fourth-order valence-electron chi connectivity index (χ4n) is 4.30. The second kappa shape index (κ2) is 5.77. The summed E-state index contributed by atoms with van der Waals surface area (Å²) in [6.45, 7) is 3.49. The molecule has 0 spiro atoms. The van der Waals surface area contributed by atoms with Crippen LogP contribution in [0, 0.1) is 12.7 Å². The van der Waals surface area contributed by atoms with Crippen molar-refractivity contribution >= 4 is 26.7 Å². The number of halogens is 1. The summed E-state index contributed by atoms with van der Waals surface area (Å²) in [5.41, 5.74) is 2.14. The first-order valence-electron chi connectivity index (χ1n) is 8.94. The zero-order valence-electron chi connectivity index (χ0n) is 14.8. The molecule has 5 rings (SSSR count). The van der Waals surface area contributed by atoms with Crippen molar-refractivity contribution in [2.24, 2.45) is 0 Å². The molecule has 2 saturated heterocycles. The average molecular weight is 386 g/mol. The van der Waals surface area contributed by atoms with Crippen molar-refractivity contribution in [3.63, 3.8) is 0 Å². The van der Waals surface area contributed by atoms with Crippen molar-refractivity contribution in [2.45, 2.75) is 30.3 Å². The van der Waals surface area contributed by atoms with Crippen LogP contribution in [0.3, 0.4) is 0 Å². The van der Waals surface area contributed by atoms with Crippen LogP contribution in [0.4, 0.5) is 10.1 Å². The van der Waals surface area contributed by atoms with Crippen LogP contribution in [0.5, 0.6) is 0 Å². The van der Waals surface area contributed by atoms with E-state index in [1.165, 1.54) is 22.2 Å². The third-order valence-corrected chi connectivity index (χ3v) is 7.27. The maximum absolute atomic E-state index is 13.6. The number of piperazine rings is 1. The van der Waals surface area contributed by atoms with Crippen molar-refractivity contribution in [3.8, 4) is 0 Å². The molecule has 3 heterocycles. The molecule has 2 bridgehead atoms. The molecule has 2 fully saturated rings. The lowest BCUT2D eigenvalue weighted by molar-refractivity contribution is 0.581. The van der Waals surface area contributed by atoms with Gasteiger partial charge in [0.15, 0.2) is 0 Å². The SMILES string of the molecule is Cc1nc2c(N3C[C@@H]4C[C@H]3CN4)cccc2n1S(=O)(=O)c1cccc(F)c1. The summed E-state index contributed by atoms with van der Waals surface area (Å²) in [6.07, 6.45) is 1.09. The largest absolute Gasteiger partial charge is 0.364 e. The van der Waals surface area contributed by atoms with E-state index in [1.54, 1.807) is 13.0 Å². The highest BCUT2D eigenvalue weighted by molar-refractivity contribution is 7.90. The quantitative estimate of drug-likeness (QED) is 0.748. The Hall–Kier alpha value is -2.45. The van der Waals surface area contributed by atoms with Gasteiger partial charge in [0.05, 0.1) is 16.1 Å². The molecular weight excluding hydrogens is 367 g/mol. The summed E-state index contributed by atoms with van der Waals surface area (Å²) in [5, 5.41) is 3.47. The first-order chi connectivity index (χ1) is 12.9. The molecule has 2 aliphatic rings. The van der Waals surface area contributed by atoms with E-state index < -0.39 is 15.8 Å². The second-order valence-corrected chi connectivity index (χ2v) is 8.96. The lowest BCUT2D eigenvalue weighted by Gasteiger charge is -2.29. The van der Waals surface area contributed by atoms with Gasteiger partial charge in [-0.3, -0.25) is 0 Å². The molecular formula is C19H19FN4O2S. The first-order valence-corrected chi connectivity index (χ1v) is 10.4. The highest BCUT2D eigenvalue weighted by Crippen LogP contribution is 2.35. The Labute approximate surface area is 156 Å². The van der Waals surface area contributed by atoms with Crippen LogP contribution < -0.4 is 10.2 Å². The van der Waals surface area contributed by atoms with Gasteiger partial charge in [0.25, 0.3) is 10.0 Å². The Kier molecular flexibility index (Phi) is 3.57. The molecule has 2 atom stereocenters. The molecule has 0 unspecified atom stereocenters. The van der Waals surface area contributed by atoms with Gasteiger partial charge in [-0.2, -0.15) is 0 Å². The Balaban J connectivity index is 1.68. The number of imidazole rings is 1. The van der Waals surface area contributed by atoms with Crippen molar-refractivity contribution in [2.75, 3.05) is 18.0 Å². The molecule has 0 radical (unpaired) electrons. The van der Waals surface area contributed by atoms with Gasteiger partial charge in [-0.05, 0) is 43.7 Å². The van der Waals surface area contributed by atoms with Gasteiger partial charge in [-0.1, -0.05) is 12.1 Å². The predicted octanol–water partition coefficient (Wildman–Crippen LogP) is 2.27. The smallest absolute Gasteiger partial charge is 0.269 e. The van der Waals surface area contributed by atoms with Gasteiger partial charge in [0, 0.05) is 25.2 Å². The van der Waals surface area contributed by atoms with Gasteiger partial charge in [0.2, 0.25) is 0 Å². The van der Waals surface area contributed by atoms with E-state index in [2.05, 4.69) is 15.2 Å². The monoisotopic (exact) mass is 386 g/mol. The molecule has 3 aromatic rings. The van der Waals surface area contributed by atoms with Crippen molar-refractivity contribution in [1.82, 2.24) is 14.3 Å². The number of benzene rings is 2. The molecule has 2 aliphatic heterocycles. The Morgan fingerprint density at radius 3 is 2.74 bits per heavy atom. The summed E-state index contributed by atoms with van der Waals surface area (Å²) >= 11 is 0. The normalized spacial score (nSPS) is 22.1. The van der Waals surface area contributed by atoms with Gasteiger partial charge in [0.1, 0.15) is 17.2 Å².